The molecule has 0 aromatic rings. The lowest BCUT2D eigenvalue weighted by Gasteiger charge is -2.70. The van der Waals surface area contributed by atoms with Crippen molar-refractivity contribution in [2.75, 3.05) is 19.8 Å². The van der Waals surface area contributed by atoms with Crippen LogP contribution >= 0.6 is 0 Å². The van der Waals surface area contributed by atoms with Crippen LogP contribution in [0.5, 0.6) is 0 Å². The molecule has 12 N–H and O–H groups in total. The highest BCUT2D eigenvalue weighted by molar-refractivity contribution is 5.20. The molecule has 0 aromatic carbocycles. The van der Waals surface area contributed by atoms with E-state index >= 15 is 0 Å². The van der Waals surface area contributed by atoms with Gasteiger partial charge in [0.05, 0.1) is 49.3 Å². The summed E-state index contributed by atoms with van der Waals surface area (Å²) in [5.74, 6) is 0.505. The summed E-state index contributed by atoms with van der Waals surface area (Å²) in [7, 11) is 0. The van der Waals surface area contributed by atoms with E-state index in [2.05, 4.69) is 41.5 Å². The Morgan fingerprint density at radius 3 is 1.69 bits per heavy atom. The van der Waals surface area contributed by atoms with Gasteiger partial charge >= 0.3 is 0 Å². The van der Waals surface area contributed by atoms with E-state index in [0.717, 1.165) is 32.1 Å². The molecule has 0 amide bonds. The molecule has 4 saturated heterocycles. The van der Waals surface area contributed by atoms with Gasteiger partial charge in [-0.1, -0.05) is 34.6 Å². The van der Waals surface area contributed by atoms with Crippen molar-refractivity contribution in [1.29, 1.82) is 0 Å². The van der Waals surface area contributed by atoms with E-state index in [1.807, 2.05) is 13.8 Å². The summed E-state index contributed by atoms with van der Waals surface area (Å²) in [6.45, 7) is 15.5. The predicted molar refractivity (Wildman–Crippen MR) is 233 cm³/mol. The van der Waals surface area contributed by atoms with Crippen molar-refractivity contribution in [2.24, 2.45) is 45.3 Å². The van der Waals surface area contributed by atoms with Crippen LogP contribution in [-0.4, -0.2) is 203 Å². The quantitative estimate of drug-likeness (QED) is 0.113. The molecular formula is C48H82O19. The maximum atomic E-state index is 12.3. The van der Waals surface area contributed by atoms with Gasteiger partial charge in [0.2, 0.25) is 0 Å². The summed E-state index contributed by atoms with van der Waals surface area (Å²) in [5, 5.41) is 127. The molecule has 0 bridgehead atoms. The van der Waals surface area contributed by atoms with Gasteiger partial charge in [0, 0.05) is 5.92 Å². The highest BCUT2D eigenvalue weighted by atomic mass is 16.8. The van der Waals surface area contributed by atoms with Crippen LogP contribution in [0.1, 0.15) is 113 Å². The zero-order chi connectivity index (χ0) is 49.1. The van der Waals surface area contributed by atoms with Crippen LogP contribution in [0.2, 0.25) is 0 Å². The maximum Gasteiger partial charge on any atom is 0.187 e. The lowest BCUT2D eigenvalue weighted by molar-refractivity contribution is -0.378. The molecule has 19 nitrogen and oxygen atoms in total. The largest absolute Gasteiger partial charge is 0.394 e. The zero-order valence-corrected chi connectivity index (χ0v) is 40.4. The van der Waals surface area contributed by atoms with Crippen molar-refractivity contribution in [1.82, 2.24) is 0 Å². The van der Waals surface area contributed by atoms with Crippen molar-refractivity contribution in [3.8, 4) is 0 Å². The summed E-state index contributed by atoms with van der Waals surface area (Å²) in [4.78, 5) is 0. The molecule has 67 heavy (non-hydrogen) atoms. The van der Waals surface area contributed by atoms with Crippen molar-refractivity contribution < 1.29 is 94.4 Å². The zero-order valence-electron chi connectivity index (χ0n) is 40.4. The molecule has 26 atom stereocenters. The Morgan fingerprint density at radius 1 is 0.537 bits per heavy atom. The smallest absolute Gasteiger partial charge is 0.187 e. The average Bonchev–Trinajstić information content (AvgIpc) is 3.81. The average molecular weight is 963 g/mol. The molecule has 4 aliphatic heterocycles. The minimum absolute atomic E-state index is 0.124. The number of aliphatic hydroxyl groups is 12. The van der Waals surface area contributed by atoms with Crippen LogP contribution in [0.3, 0.4) is 0 Å². The summed E-state index contributed by atoms with van der Waals surface area (Å²) in [5.41, 5.74) is -2.63. The molecule has 19 heteroatoms. The lowest BCUT2D eigenvalue weighted by atomic mass is 9.35. The molecule has 4 aliphatic carbocycles. The molecule has 0 aromatic heterocycles. The Hall–Kier alpha value is -0.760. The second-order valence-corrected chi connectivity index (χ2v) is 23.8. The molecule has 388 valence electrons. The molecule has 4 saturated carbocycles. The Kier molecular flexibility index (Phi) is 14.6. The van der Waals surface area contributed by atoms with E-state index in [1.54, 1.807) is 0 Å². The fraction of sp³-hybridized carbons (Fsp3) is 1.00. The first-order valence-electron chi connectivity index (χ1n) is 24.8. The Balaban J connectivity index is 0.973. The third-order valence-electron chi connectivity index (χ3n) is 19.7. The van der Waals surface area contributed by atoms with Gasteiger partial charge in [-0.05, 0) is 118 Å². The molecule has 8 rings (SSSR count). The first kappa shape index (κ1) is 52.6. The molecule has 4 heterocycles. The van der Waals surface area contributed by atoms with E-state index in [0.29, 0.717) is 31.6 Å². The lowest BCUT2D eigenvalue weighted by Crippen LogP contribution is -2.66. The van der Waals surface area contributed by atoms with Gasteiger partial charge in [-0.2, -0.15) is 0 Å². The summed E-state index contributed by atoms with van der Waals surface area (Å²) in [6, 6.07) is 0. The van der Waals surface area contributed by atoms with Gasteiger partial charge in [0.1, 0.15) is 73.2 Å². The highest BCUT2D eigenvalue weighted by Crippen LogP contribution is 2.76. The van der Waals surface area contributed by atoms with Gasteiger partial charge in [0.25, 0.3) is 0 Å². The van der Waals surface area contributed by atoms with Crippen LogP contribution in [0.25, 0.3) is 0 Å². The first-order chi connectivity index (χ1) is 31.2. The summed E-state index contributed by atoms with van der Waals surface area (Å²) >= 11 is 0. The van der Waals surface area contributed by atoms with E-state index in [9.17, 15) is 61.3 Å². The molecule has 0 spiro atoms. The first-order valence-corrected chi connectivity index (χ1v) is 24.8. The van der Waals surface area contributed by atoms with Crippen LogP contribution in [0.4, 0.5) is 0 Å². The molecule has 3 unspecified atom stereocenters. The third kappa shape index (κ3) is 8.40. The molecule has 0 radical (unpaired) electrons. The summed E-state index contributed by atoms with van der Waals surface area (Å²) in [6.07, 6.45) is -16.8. The number of hydrogen-bond donors (Lipinski definition) is 12. The normalized spacial score (nSPS) is 55.7. The van der Waals surface area contributed by atoms with Gasteiger partial charge in [-0.15, -0.1) is 0 Å². The number of hydrogen-bond acceptors (Lipinski definition) is 19. The number of fused-ring (bicyclic) bond motifs is 5. The third-order valence-corrected chi connectivity index (χ3v) is 19.7. The minimum Gasteiger partial charge on any atom is -0.394 e. The molecular weight excluding hydrogens is 881 g/mol. The predicted octanol–water partition coefficient (Wildman–Crippen LogP) is -0.816. The van der Waals surface area contributed by atoms with Crippen LogP contribution in [0.15, 0.2) is 0 Å². The van der Waals surface area contributed by atoms with Crippen LogP contribution in [0, 0.1) is 45.3 Å². The van der Waals surface area contributed by atoms with Crippen molar-refractivity contribution in [3.63, 3.8) is 0 Å². The van der Waals surface area contributed by atoms with Gasteiger partial charge < -0.3 is 94.4 Å². The fourth-order valence-corrected chi connectivity index (χ4v) is 15.8. The SMILES string of the molecule is CC(C)(O[C@@H]1O[C@H](CO)[C@@H](O)[C@H](O)[C@H]1O)[C@@H]1CC[C@@](C)([C@@H]2C3CCC4[C@@]5(C)CC[C@H](O[C@@H]6O[C@H](CO)[C@@H](O)[C@H](O)[C@H]6O[C@@H]6O[C@H](CO)[C@@H](O)[C@H](O)[C@H]6O)C(C)(C)C5CC[C@@]4(C)[C@]3(C)C[C@H]2O)O1. The van der Waals surface area contributed by atoms with Crippen molar-refractivity contribution in [3.05, 3.63) is 0 Å². The highest BCUT2D eigenvalue weighted by Gasteiger charge is 2.72. The Labute approximate surface area is 393 Å². The second kappa shape index (κ2) is 18.6. The maximum absolute atomic E-state index is 12.3. The summed E-state index contributed by atoms with van der Waals surface area (Å²) < 4.78 is 43.5. The van der Waals surface area contributed by atoms with E-state index in [-0.39, 0.29) is 34.0 Å². The Bertz CT molecular complexity index is 1720. The standard InChI is InChI=1S/C48H82O19/c1-43(2)26-11-15-46(6)27(45(26,5)14-12-28(43)64-42-39(36(58)33(55)25(20-51)63-42)65-40-37(59)34(56)31(53)23(18-49)61-40)10-9-21-30(22(52)17-47(21,46)7)48(8)16-13-29(66-48)44(3,4)67-41-38(60)35(57)32(54)24(19-50)62-41/h21-42,49-60H,9-20H2,1-8H3/t21?,22-,23-,24-,25-,26?,27?,28+,29+,30-,31-,32-,33-,34+,35+,36+,37-,38-,39-,40+,41+,42+,45+,46-,47-,48+/m1/s1. The Morgan fingerprint density at radius 2 is 1.09 bits per heavy atom. The van der Waals surface area contributed by atoms with E-state index < -0.39 is 147 Å². The number of ether oxygens (including phenoxy) is 7. The van der Waals surface area contributed by atoms with Gasteiger partial charge in [-0.3, -0.25) is 0 Å². The van der Waals surface area contributed by atoms with Crippen molar-refractivity contribution in [2.45, 2.75) is 235 Å². The molecule has 8 aliphatic rings. The second-order valence-electron chi connectivity index (χ2n) is 23.8. The minimum atomic E-state index is -1.78. The van der Waals surface area contributed by atoms with E-state index in [4.69, 9.17) is 33.2 Å². The monoisotopic (exact) mass is 963 g/mol. The number of rotatable bonds is 11. The molecule has 8 fully saturated rings. The van der Waals surface area contributed by atoms with Crippen molar-refractivity contribution >= 4 is 0 Å². The van der Waals surface area contributed by atoms with Crippen LogP contribution < -0.4 is 0 Å². The van der Waals surface area contributed by atoms with Crippen LogP contribution in [-0.2, 0) is 33.2 Å². The van der Waals surface area contributed by atoms with E-state index in [1.165, 1.54) is 0 Å². The topological polar surface area (TPSA) is 307 Å². The number of aliphatic hydroxyl groups excluding tert-OH is 12. The van der Waals surface area contributed by atoms with Gasteiger partial charge in [0.15, 0.2) is 18.9 Å². The fourth-order valence-electron chi connectivity index (χ4n) is 15.8. The van der Waals surface area contributed by atoms with Gasteiger partial charge in [-0.25, -0.2) is 0 Å².